The van der Waals surface area contributed by atoms with Crippen molar-refractivity contribution < 1.29 is 13.2 Å². The molecule has 84 valence electrons. The summed E-state index contributed by atoms with van der Waals surface area (Å²) >= 11 is 0. The van der Waals surface area contributed by atoms with Crippen LogP contribution in [-0.2, 0) is 0 Å². The van der Waals surface area contributed by atoms with Crippen LogP contribution in [0.25, 0.3) is 0 Å². The summed E-state index contributed by atoms with van der Waals surface area (Å²) in [7, 11) is 0. The van der Waals surface area contributed by atoms with Gasteiger partial charge in [0.05, 0.1) is 0 Å². The molecule has 0 bridgehead atoms. The van der Waals surface area contributed by atoms with E-state index in [1.807, 2.05) is 0 Å². The summed E-state index contributed by atoms with van der Waals surface area (Å²) in [5.74, 6) is -3.09. The first kappa shape index (κ1) is 12.0. The van der Waals surface area contributed by atoms with Crippen molar-refractivity contribution in [2.24, 2.45) is 11.1 Å². The van der Waals surface area contributed by atoms with E-state index in [9.17, 15) is 13.2 Å². The Kier molecular flexibility index (Phi) is 3.09. The zero-order chi connectivity index (χ0) is 11.8. The van der Waals surface area contributed by atoms with Crippen molar-refractivity contribution >= 4 is 0 Å². The summed E-state index contributed by atoms with van der Waals surface area (Å²) in [5, 5.41) is 0. The van der Waals surface area contributed by atoms with Crippen molar-refractivity contribution in [3.63, 3.8) is 0 Å². The molecule has 1 nitrogen and oxygen atoms in total. The van der Waals surface area contributed by atoms with Crippen molar-refractivity contribution in [1.29, 1.82) is 0 Å². The first-order chi connectivity index (χ1) is 6.73. The summed E-state index contributed by atoms with van der Waals surface area (Å²) in [6.07, 6.45) is 0. The van der Waals surface area contributed by atoms with E-state index in [1.54, 1.807) is 20.8 Å². The Balaban J connectivity index is 3.25. The van der Waals surface area contributed by atoms with Crippen LogP contribution in [0.4, 0.5) is 13.2 Å². The molecule has 0 aliphatic carbocycles. The predicted octanol–water partition coefficient (Wildman–Crippen LogP) is 3.15. The maximum Gasteiger partial charge on any atom is 0.163 e. The minimum absolute atomic E-state index is 0.125. The molecule has 4 heteroatoms. The first-order valence-electron chi connectivity index (χ1n) is 4.63. The van der Waals surface area contributed by atoms with E-state index in [1.165, 1.54) is 0 Å². The average Bonchev–Trinajstić information content (AvgIpc) is 2.08. The van der Waals surface area contributed by atoms with E-state index in [-0.39, 0.29) is 5.56 Å². The molecule has 2 N–H and O–H groups in total. The number of rotatable bonds is 1. The quantitative estimate of drug-likeness (QED) is 0.718. The Labute approximate surface area is 87.1 Å². The van der Waals surface area contributed by atoms with Crippen LogP contribution in [0.1, 0.15) is 32.4 Å². The van der Waals surface area contributed by atoms with Gasteiger partial charge in [0, 0.05) is 17.7 Å². The molecule has 0 fully saturated rings. The molecule has 15 heavy (non-hydrogen) atoms. The number of halogens is 3. The lowest BCUT2D eigenvalue weighted by Crippen LogP contribution is -2.27. The summed E-state index contributed by atoms with van der Waals surface area (Å²) in [5.41, 5.74) is 5.16. The lowest BCUT2D eigenvalue weighted by molar-refractivity contribution is 0.314. The standard InChI is InChI=1S/C11H14F3N/c1-11(2,3)10(15)7-4-6(12)5-8(13)9(7)14/h4-5,10H,15H2,1-3H3. The van der Waals surface area contributed by atoms with Gasteiger partial charge in [0.25, 0.3) is 0 Å². The SMILES string of the molecule is CC(C)(C)C(N)c1cc(F)cc(F)c1F. The second-order valence-electron chi connectivity index (χ2n) is 4.63. The highest BCUT2D eigenvalue weighted by Crippen LogP contribution is 2.32. The van der Waals surface area contributed by atoms with Gasteiger partial charge in [-0.05, 0) is 11.5 Å². The Bertz CT molecular complexity index is 369. The molecule has 1 rings (SSSR count). The highest BCUT2D eigenvalue weighted by atomic mass is 19.2. The minimum atomic E-state index is -1.20. The van der Waals surface area contributed by atoms with Crippen molar-refractivity contribution in [1.82, 2.24) is 0 Å². The lowest BCUT2D eigenvalue weighted by Gasteiger charge is -2.27. The molecule has 0 amide bonds. The van der Waals surface area contributed by atoms with Gasteiger partial charge in [-0.15, -0.1) is 0 Å². The number of hydrogen-bond donors (Lipinski definition) is 1. The summed E-state index contributed by atoms with van der Waals surface area (Å²) in [6.45, 7) is 5.33. The van der Waals surface area contributed by atoms with Crippen molar-refractivity contribution in [2.75, 3.05) is 0 Å². The van der Waals surface area contributed by atoms with Crippen LogP contribution in [-0.4, -0.2) is 0 Å². The molecule has 0 heterocycles. The average molecular weight is 217 g/mol. The fraction of sp³-hybridized carbons (Fsp3) is 0.455. The Morgan fingerprint density at radius 2 is 1.67 bits per heavy atom. The Hall–Kier alpha value is -1.03. The van der Waals surface area contributed by atoms with Gasteiger partial charge in [-0.3, -0.25) is 0 Å². The zero-order valence-electron chi connectivity index (χ0n) is 8.94. The molecule has 0 saturated carbocycles. The molecule has 0 aliphatic heterocycles. The van der Waals surface area contributed by atoms with Gasteiger partial charge in [0.2, 0.25) is 0 Å². The fourth-order valence-electron chi connectivity index (χ4n) is 1.27. The molecular formula is C11H14F3N. The topological polar surface area (TPSA) is 26.0 Å². The maximum atomic E-state index is 13.3. The lowest BCUT2D eigenvalue weighted by atomic mass is 9.83. The van der Waals surface area contributed by atoms with Crippen molar-refractivity contribution in [3.8, 4) is 0 Å². The molecule has 0 spiro atoms. The normalized spacial score (nSPS) is 14.1. The van der Waals surface area contributed by atoms with E-state index < -0.39 is 28.9 Å². The molecule has 1 unspecified atom stereocenters. The number of hydrogen-bond acceptors (Lipinski definition) is 1. The first-order valence-corrected chi connectivity index (χ1v) is 4.63. The molecule has 0 saturated heterocycles. The van der Waals surface area contributed by atoms with Gasteiger partial charge in [0.15, 0.2) is 11.6 Å². The smallest absolute Gasteiger partial charge is 0.163 e. The third-order valence-electron chi connectivity index (χ3n) is 2.29. The van der Waals surface area contributed by atoms with Gasteiger partial charge in [-0.25, -0.2) is 13.2 Å². The molecule has 0 radical (unpaired) electrons. The highest BCUT2D eigenvalue weighted by molar-refractivity contribution is 5.24. The minimum Gasteiger partial charge on any atom is -0.323 e. The van der Waals surface area contributed by atoms with Crippen LogP contribution < -0.4 is 5.73 Å². The van der Waals surface area contributed by atoms with Crippen LogP contribution in [0.5, 0.6) is 0 Å². The third-order valence-corrected chi connectivity index (χ3v) is 2.29. The van der Waals surface area contributed by atoms with E-state index in [0.717, 1.165) is 6.07 Å². The van der Waals surface area contributed by atoms with Crippen molar-refractivity contribution in [3.05, 3.63) is 35.1 Å². The summed E-state index contributed by atoms with van der Waals surface area (Å²) < 4.78 is 39.2. The maximum absolute atomic E-state index is 13.3. The van der Waals surface area contributed by atoms with Gasteiger partial charge in [-0.2, -0.15) is 0 Å². The van der Waals surface area contributed by atoms with E-state index in [0.29, 0.717) is 6.07 Å². The molecule has 0 aromatic heterocycles. The van der Waals surface area contributed by atoms with Gasteiger partial charge >= 0.3 is 0 Å². The van der Waals surface area contributed by atoms with Gasteiger partial charge in [0.1, 0.15) is 5.82 Å². The van der Waals surface area contributed by atoms with E-state index in [2.05, 4.69) is 0 Å². The van der Waals surface area contributed by atoms with E-state index >= 15 is 0 Å². The number of benzene rings is 1. The highest BCUT2D eigenvalue weighted by Gasteiger charge is 2.26. The second kappa shape index (κ2) is 3.85. The molecular weight excluding hydrogens is 203 g/mol. The second-order valence-corrected chi connectivity index (χ2v) is 4.63. The Morgan fingerprint density at radius 3 is 2.13 bits per heavy atom. The summed E-state index contributed by atoms with van der Waals surface area (Å²) in [4.78, 5) is 0. The monoisotopic (exact) mass is 217 g/mol. The predicted molar refractivity (Wildman–Crippen MR) is 52.7 cm³/mol. The largest absolute Gasteiger partial charge is 0.323 e. The van der Waals surface area contributed by atoms with E-state index in [4.69, 9.17) is 5.73 Å². The van der Waals surface area contributed by atoms with Crippen LogP contribution in [0, 0.1) is 22.9 Å². The van der Waals surface area contributed by atoms with Crippen LogP contribution >= 0.6 is 0 Å². The van der Waals surface area contributed by atoms with Crippen LogP contribution in [0.3, 0.4) is 0 Å². The van der Waals surface area contributed by atoms with Crippen LogP contribution in [0.2, 0.25) is 0 Å². The molecule has 1 aromatic rings. The fourth-order valence-corrected chi connectivity index (χ4v) is 1.27. The third kappa shape index (κ3) is 2.50. The van der Waals surface area contributed by atoms with Crippen molar-refractivity contribution in [2.45, 2.75) is 26.8 Å². The zero-order valence-corrected chi connectivity index (χ0v) is 8.94. The molecule has 1 atom stereocenters. The summed E-state index contributed by atoms with van der Waals surface area (Å²) in [6, 6.07) is 0.699. The molecule has 1 aromatic carbocycles. The van der Waals surface area contributed by atoms with Crippen LogP contribution in [0.15, 0.2) is 12.1 Å². The Morgan fingerprint density at radius 1 is 1.13 bits per heavy atom. The molecule has 0 aliphatic rings. The van der Waals surface area contributed by atoms with Gasteiger partial charge < -0.3 is 5.73 Å². The number of nitrogens with two attached hydrogens (primary N) is 1. The van der Waals surface area contributed by atoms with Gasteiger partial charge in [-0.1, -0.05) is 20.8 Å².